The maximum Gasteiger partial charge on any atom is 0.337 e. The molecule has 1 heterocycles. The largest absolute Gasteiger partial charge is 0.478 e. The Morgan fingerprint density at radius 2 is 2.25 bits per heavy atom. The average molecular weight is 217 g/mol. The van der Waals surface area contributed by atoms with Crippen LogP contribution in [0.4, 0.5) is 5.69 Å². The number of aryl methyl sites for hydroxylation is 1. The van der Waals surface area contributed by atoms with Crippen molar-refractivity contribution in [2.24, 2.45) is 0 Å². The van der Waals surface area contributed by atoms with Crippen molar-refractivity contribution >= 4 is 11.7 Å². The highest BCUT2D eigenvalue weighted by atomic mass is 16.4. The number of nitrogen functional groups attached to an aromatic ring is 1. The van der Waals surface area contributed by atoms with E-state index in [2.05, 4.69) is 5.10 Å². The number of anilines is 1. The molecule has 0 bridgehead atoms. The standard InChI is InChI=1S/C11H11N3O2/c1-7-5-13-14(6-7)8-2-3-10(12)9(4-8)11(15)16/h2-6H,12H2,1H3,(H,15,16). The summed E-state index contributed by atoms with van der Waals surface area (Å²) in [6.45, 7) is 1.92. The summed E-state index contributed by atoms with van der Waals surface area (Å²) in [7, 11) is 0. The molecule has 3 N–H and O–H groups in total. The number of nitrogens with zero attached hydrogens (tertiary/aromatic N) is 2. The molecule has 5 nitrogen and oxygen atoms in total. The van der Waals surface area contributed by atoms with Gasteiger partial charge in [-0.15, -0.1) is 0 Å². The van der Waals surface area contributed by atoms with Gasteiger partial charge in [-0.05, 0) is 30.7 Å². The first-order valence-electron chi connectivity index (χ1n) is 4.72. The molecule has 0 aliphatic carbocycles. The van der Waals surface area contributed by atoms with Gasteiger partial charge in [0.25, 0.3) is 0 Å². The number of nitrogens with two attached hydrogens (primary N) is 1. The van der Waals surface area contributed by atoms with Gasteiger partial charge < -0.3 is 10.8 Å². The zero-order chi connectivity index (χ0) is 11.7. The van der Waals surface area contributed by atoms with Crippen molar-refractivity contribution in [3.05, 3.63) is 41.7 Å². The van der Waals surface area contributed by atoms with E-state index >= 15 is 0 Å². The number of rotatable bonds is 2. The highest BCUT2D eigenvalue weighted by Crippen LogP contribution is 2.17. The Bertz CT molecular complexity index is 546. The predicted molar refractivity (Wildman–Crippen MR) is 59.7 cm³/mol. The molecule has 2 rings (SSSR count). The molecule has 0 radical (unpaired) electrons. The number of hydrogen-bond acceptors (Lipinski definition) is 3. The molecule has 16 heavy (non-hydrogen) atoms. The zero-order valence-corrected chi connectivity index (χ0v) is 8.71. The number of benzene rings is 1. The normalized spacial score (nSPS) is 10.3. The Hall–Kier alpha value is -2.30. The number of aromatic carboxylic acids is 1. The zero-order valence-electron chi connectivity index (χ0n) is 8.71. The molecule has 0 spiro atoms. The van der Waals surface area contributed by atoms with E-state index in [0.717, 1.165) is 5.56 Å². The molecule has 0 amide bonds. The summed E-state index contributed by atoms with van der Waals surface area (Å²) in [5, 5.41) is 13.0. The van der Waals surface area contributed by atoms with Crippen LogP contribution in [0, 0.1) is 6.92 Å². The summed E-state index contributed by atoms with van der Waals surface area (Å²) in [6.07, 6.45) is 3.52. The summed E-state index contributed by atoms with van der Waals surface area (Å²) < 4.78 is 1.61. The minimum Gasteiger partial charge on any atom is -0.478 e. The fraction of sp³-hybridized carbons (Fsp3) is 0.0909. The van der Waals surface area contributed by atoms with E-state index < -0.39 is 5.97 Å². The first kappa shape index (κ1) is 10.2. The van der Waals surface area contributed by atoms with Crippen LogP contribution in [0.1, 0.15) is 15.9 Å². The number of carboxylic acid groups (broad SMARTS) is 1. The number of aromatic nitrogens is 2. The van der Waals surface area contributed by atoms with Gasteiger partial charge in [0.2, 0.25) is 0 Å². The number of carboxylic acids is 1. The van der Waals surface area contributed by atoms with Crippen molar-refractivity contribution in [2.75, 3.05) is 5.73 Å². The summed E-state index contributed by atoms with van der Waals surface area (Å²) in [5.74, 6) is -1.04. The van der Waals surface area contributed by atoms with E-state index in [1.54, 1.807) is 23.0 Å². The first-order valence-corrected chi connectivity index (χ1v) is 4.72. The van der Waals surface area contributed by atoms with Crippen LogP contribution in [0.5, 0.6) is 0 Å². The van der Waals surface area contributed by atoms with Crippen molar-refractivity contribution in [1.29, 1.82) is 0 Å². The second-order valence-electron chi connectivity index (χ2n) is 3.54. The molecule has 2 aromatic rings. The van der Waals surface area contributed by atoms with Gasteiger partial charge in [0, 0.05) is 11.9 Å². The first-order chi connectivity index (χ1) is 7.58. The highest BCUT2D eigenvalue weighted by Gasteiger charge is 2.09. The molecule has 0 aliphatic heterocycles. The molecular weight excluding hydrogens is 206 g/mol. The molecule has 0 fully saturated rings. The SMILES string of the molecule is Cc1cnn(-c2ccc(N)c(C(=O)O)c2)c1. The molecule has 0 aliphatic rings. The Morgan fingerprint density at radius 1 is 1.50 bits per heavy atom. The Kier molecular flexibility index (Phi) is 2.36. The fourth-order valence-electron chi connectivity index (χ4n) is 1.43. The van der Waals surface area contributed by atoms with Gasteiger partial charge in [-0.3, -0.25) is 0 Å². The van der Waals surface area contributed by atoms with Crippen molar-refractivity contribution in [2.45, 2.75) is 6.92 Å². The molecule has 0 saturated heterocycles. The van der Waals surface area contributed by atoms with Crippen molar-refractivity contribution in [1.82, 2.24) is 9.78 Å². The van der Waals surface area contributed by atoms with Gasteiger partial charge in [0.05, 0.1) is 17.4 Å². The van der Waals surface area contributed by atoms with Crippen LogP contribution in [-0.4, -0.2) is 20.9 Å². The van der Waals surface area contributed by atoms with Crippen molar-refractivity contribution < 1.29 is 9.90 Å². The smallest absolute Gasteiger partial charge is 0.337 e. The lowest BCUT2D eigenvalue weighted by molar-refractivity contribution is 0.0698. The molecule has 0 atom stereocenters. The van der Waals surface area contributed by atoms with Crippen molar-refractivity contribution in [3.63, 3.8) is 0 Å². The highest BCUT2D eigenvalue weighted by molar-refractivity contribution is 5.94. The molecule has 5 heteroatoms. The minimum atomic E-state index is -1.04. The van der Waals surface area contributed by atoms with E-state index in [1.165, 1.54) is 6.07 Å². The Balaban J connectivity index is 2.51. The topological polar surface area (TPSA) is 81.1 Å². The van der Waals surface area contributed by atoms with Gasteiger partial charge in [-0.1, -0.05) is 0 Å². The van der Waals surface area contributed by atoms with Gasteiger partial charge in [0.15, 0.2) is 0 Å². The van der Waals surface area contributed by atoms with Gasteiger partial charge in [-0.2, -0.15) is 5.10 Å². The van der Waals surface area contributed by atoms with E-state index in [9.17, 15) is 4.79 Å². The quantitative estimate of drug-likeness (QED) is 0.746. The lowest BCUT2D eigenvalue weighted by atomic mass is 10.1. The number of hydrogen-bond donors (Lipinski definition) is 2. The van der Waals surface area contributed by atoms with E-state index in [1.807, 2.05) is 13.1 Å². The summed E-state index contributed by atoms with van der Waals surface area (Å²) in [4.78, 5) is 10.9. The van der Waals surface area contributed by atoms with Crippen LogP contribution < -0.4 is 5.73 Å². The lowest BCUT2D eigenvalue weighted by Crippen LogP contribution is -2.04. The third-order valence-corrected chi connectivity index (χ3v) is 2.24. The monoisotopic (exact) mass is 217 g/mol. The third-order valence-electron chi connectivity index (χ3n) is 2.24. The maximum absolute atomic E-state index is 10.9. The average Bonchev–Trinajstić information content (AvgIpc) is 2.65. The van der Waals surface area contributed by atoms with Gasteiger partial charge in [0.1, 0.15) is 0 Å². The van der Waals surface area contributed by atoms with Gasteiger partial charge >= 0.3 is 5.97 Å². The lowest BCUT2D eigenvalue weighted by Gasteiger charge is -2.05. The molecule has 0 saturated carbocycles. The Morgan fingerprint density at radius 3 is 2.81 bits per heavy atom. The van der Waals surface area contributed by atoms with Crippen LogP contribution >= 0.6 is 0 Å². The fourth-order valence-corrected chi connectivity index (χ4v) is 1.43. The molecule has 0 unspecified atom stereocenters. The summed E-state index contributed by atoms with van der Waals surface area (Å²) >= 11 is 0. The van der Waals surface area contributed by atoms with Crippen molar-refractivity contribution in [3.8, 4) is 5.69 Å². The summed E-state index contributed by atoms with van der Waals surface area (Å²) in [6, 6.07) is 4.80. The van der Waals surface area contributed by atoms with E-state index in [4.69, 9.17) is 10.8 Å². The summed E-state index contributed by atoms with van der Waals surface area (Å²) in [5.41, 5.74) is 7.59. The Labute approximate surface area is 92.1 Å². The van der Waals surface area contributed by atoms with Crippen LogP contribution in [0.3, 0.4) is 0 Å². The number of carbonyl (C=O) groups is 1. The van der Waals surface area contributed by atoms with E-state index in [-0.39, 0.29) is 11.3 Å². The van der Waals surface area contributed by atoms with Crippen LogP contribution in [0.2, 0.25) is 0 Å². The second-order valence-corrected chi connectivity index (χ2v) is 3.54. The molecule has 1 aromatic heterocycles. The van der Waals surface area contributed by atoms with E-state index in [0.29, 0.717) is 5.69 Å². The molecular formula is C11H11N3O2. The van der Waals surface area contributed by atoms with Crippen LogP contribution in [-0.2, 0) is 0 Å². The molecule has 1 aromatic carbocycles. The molecule has 82 valence electrons. The second kappa shape index (κ2) is 3.69. The third kappa shape index (κ3) is 1.75. The predicted octanol–water partition coefficient (Wildman–Crippen LogP) is 1.46. The van der Waals surface area contributed by atoms with Crippen LogP contribution in [0.25, 0.3) is 5.69 Å². The maximum atomic E-state index is 10.9. The van der Waals surface area contributed by atoms with Gasteiger partial charge in [-0.25, -0.2) is 9.48 Å². The van der Waals surface area contributed by atoms with Crippen LogP contribution in [0.15, 0.2) is 30.6 Å². The minimum absolute atomic E-state index is 0.0886.